The summed E-state index contributed by atoms with van der Waals surface area (Å²) in [5, 5.41) is 12.8. The highest BCUT2D eigenvalue weighted by atomic mass is 16.3. The lowest BCUT2D eigenvalue weighted by atomic mass is 10.0. The maximum Gasteiger partial charge on any atom is 0.332 e. The zero-order chi connectivity index (χ0) is 12.1. The van der Waals surface area contributed by atoms with Gasteiger partial charge in [0.05, 0.1) is 12.8 Å². The van der Waals surface area contributed by atoms with E-state index < -0.39 is 6.03 Å². The van der Waals surface area contributed by atoms with Crippen LogP contribution < -0.4 is 11.2 Å². The van der Waals surface area contributed by atoms with Crippen LogP contribution in [0.25, 0.3) is 0 Å². The van der Waals surface area contributed by atoms with E-state index in [1.807, 2.05) is 26.0 Å². The third-order valence-electron chi connectivity index (χ3n) is 2.25. The smallest absolute Gasteiger partial charge is 0.332 e. The first kappa shape index (κ1) is 12.2. The van der Waals surface area contributed by atoms with Gasteiger partial charge in [-0.25, -0.2) is 10.2 Å². The van der Waals surface area contributed by atoms with Gasteiger partial charge in [0, 0.05) is 0 Å². The van der Waals surface area contributed by atoms with Gasteiger partial charge in [-0.2, -0.15) is 5.10 Å². The van der Waals surface area contributed by atoms with Crippen LogP contribution in [0.4, 0.5) is 4.79 Å². The zero-order valence-corrected chi connectivity index (χ0v) is 9.32. The van der Waals surface area contributed by atoms with Crippen LogP contribution in [0.2, 0.25) is 0 Å². The molecule has 0 fully saturated rings. The van der Waals surface area contributed by atoms with E-state index in [-0.39, 0.29) is 6.61 Å². The largest absolute Gasteiger partial charge is 0.392 e. The average Bonchev–Trinajstić information content (AvgIpc) is 2.22. The van der Waals surface area contributed by atoms with Crippen LogP contribution in [0.3, 0.4) is 0 Å². The molecule has 0 unspecified atom stereocenters. The quantitative estimate of drug-likeness (QED) is 0.520. The van der Waals surface area contributed by atoms with Gasteiger partial charge in [-0.05, 0) is 30.5 Å². The minimum absolute atomic E-state index is 0.0163. The maximum absolute atomic E-state index is 10.4. The average molecular weight is 221 g/mol. The molecule has 0 aliphatic heterocycles. The second kappa shape index (κ2) is 5.27. The van der Waals surface area contributed by atoms with Crippen molar-refractivity contribution in [2.24, 2.45) is 10.8 Å². The van der Waals surface area contributed by atoms with Crippen molar-refractivity contribution in [2.75, 3.05) is 0 Å². The Morgan fingerprint density at radius 3 is 2.81 bits per heavy atom. The van der Waals surface area contributed by atoms with Crippen molar-refractivity contribution in [1.29, 1.82) is 0 Å². The summed E-state index contributed by atoms with van der Waals surface area (Å²) in [4.78, 5) is 10.4. The van der Waals surface area contributed by atoms with Crippen LogP contribution in [0, 0.1) is 13.8 Å². The highest BCUT2D eigenvalue weighted by Crippen LogP contribution is 2.15. The fourth-order valence-corrected chi connectivity index (χ4v) is 1.43. The molecule has 0 bridgehead atoms. The lowest BCUT2D eigenvalue weighted by Gasteiger charge is -2.07. The van der Waals surface area contributed by atoms with Gasteiger partial charge in [0.2, 0.25) is 0 Å². The molecule has 0 aliphatic rings. The summed E-state index contributed by atoms with van der Waals surface area (Å²) >= 11 is 0. The van der Waals surface area contributed by atoms with Crippen LogP contribution >= 0.6 is 0 Å². The zero-order valence-electron chi connectivity index (χ0n) is 9.32. The number of rotatable bonds is 3. The molecule has 16 heavy (non-hydrogen) atoms. The standard InChI is InChI=1S/C11H15N3O2/c1-7-3-9(5-13-14-11(12)16)8(2)10(4-7)6-15/h3-5,15H,6H2,1-2H3,(H3,12,14,16)/b13-5-. The summed E-state index contributed by atoms with van der Waals surface area (Å²) in [5.41, 5.74) is 10.7. The van der Waals surface area contributed by atoms with Crippen LogP contribution in [0.15, 0.2) is 17.2 Å². The predicted molar refractivity (Wildman–Crippen MR) is 62.2 cm³/mol. The molecule has 1 aromatic rings. The molecule has 1 rings (SSSR count). The van der Waals surface area contributed by atoms with E-state index >= 15 is 0 Å². The fraction of sp³-hybridized carbons (Fsp3) is 0.273. The summed E-state index contributed by atoms with van der Waals surface area (Å²) in [6.45, 7) is 3.80. The van der Waals surface area contributed by atoms with Crippen molar-refractivity contribution in [1.82, 2.24) is 5.43 Å². The molecule has 4 N–H and O–H groups in total. The predicted octanol–water partition coefficient (Wildman–Crippen LogP) is 0.798. The summed E-state index contributed by atoms with van der Waals surface area (Å²) in [6, 6.07) is 3.12. The lowest BCUT2D eigenvalue weighted by molar-refractivity contribution is 0.249. The van der Waals surface area contributed by atoms with E-state index in [2.05, 4.69) is 10.5 Å². The molecule has 86 valence electrons. The number of carbonyl (C=O) groups is 1. The van der Waals surface area contributed by atoms with Gasteiger partial charge in [0.25, 0.3) is 0 Å². The Morgan fingerprint density at radius 2 is 2.25 bits per heavy atom. The van der Waals surface area contributed by atoms with Crippen LogP contribution in [-0.4, -0.2) is 17.4 Å². The molecule has 0 saturated heterocycles. The molecule has 2 amide bonds. The first-order valence-corrected chi connectivity index (χ1v) is 4.84. The number of urea groups is 1. The number of nitrogens with zero attached hydrogens (tertiary/aromatic N) is 1. The summed E-state index contributed by atoms with van der Waals surface area (Å²) in [7, 11) is 0. The van der Waals surface area contributed by atoms with Gasteiger partial charge in [-0.1, -0.05) is 17.7 Å². The van der Waals surface area contributed by atoms with Gasteiger partial charge < -0.3 is 10.8 Å². The molecule has 0 saturated carbocycles. The minimum Gasteiger partial charge on any atom is -0.392 e. The molecule has 0 radical (unpaired) electrons. The molecule has 5 heteroatoms. The number of carbonyl (C=O) groups excluding carboxylic acids is 1. The van der Waals surface area contributed by atoms with Gasteiger partial charge in [0.15, 0.2) is 0 Å². The number of hydrazone groups is 1. The maximum atomic E-state index is 10.4. The Hall–Kier alpha value is -1.88. The monoisotopic (exact) mass is 221 g/mol. The Labute approximate surface area is 94.0 Å². The number of aryl methyl sites for hydroxylation is 1. The Balaban J connectivity index is 2.99. The number of primary amides is 1. The van der Waals surface area contributed by atoms with Crippen LogP contribution in [0.5, 0.6) is 0 Å². The third kappa shape index (κ3) is 3.06. The van der Waals surface area contributed by atoms with Gasteiger partial charge in [0.1, 0.15) is 0 Å². The van der Waals surface area contributed by atoms with Crippen LogP contribution in [-0.2, 0) is 6.61 Å². The molecule has 0 atom stereocenters. The molecule has 0 aliphatic carbocycles. The van der Waals surface area contributed by atoms with Crippen molar-refractivity contribution < 1.29 is 9.90 Å². The fourth-order valence-electron chi connectivity index (χ4n) is 1.43. The van der Waals surface area contributed by atoms with E-state index in [1.165, 1.54) is 6.21 Å². The first-order valence-electron chi connectivity index (χ1n) is 4.84. The van der Waals surface area contributed by atoms with Crippen LogP contribution in [0.1, 0.15) is 22.3 Å². The molecule has 1 aromatic carbocycles. The van der Waals surface area contributed by atoms with Crippen molar-refractivity contribution in [3.8, 4) is 0 Å². The lowest BCUT2D eigenvalue weighted by Crippen LogP contribution is -2.24. The third-order valence-corrected chi connectivity index (χ3v) is 2.25. The van der Waals surface area contributed by atoms with E-state index in [4.69, 9.17) is 10.8 Å². The number of aliphatic hydroxyl groups is 1. The second-order valence-corrected chi connectivity index (χ2v) is 3.53. The van der Waals surface area contributed by atoms with Gasteiger partial charge >= 0.3 is 6.03 Å². The molecular formula is C11H15N3O2. The minimum atomic E-state index is -0.705. The number of aliphatic hydroxyl groups excluding tert-OH is 1. The summed E-state index contributed by atoms with van der Waals surface area (Å²) < 4.78 is 0. The van der Waals surface area contributed by atoms with E-state index in [1.54, 1.807) is 0 Å². The van der Waals surface area contributed by atoms with Crippen molar-refractivity contribution in [2.45, 2.75) is 20.5 Å². The van der Waals surface area contributed by atoms with Crippen molar-refractivity contribution in [3.63, 3.8) is 0 Å². The number of amides is 2. The SMILES string of the molecule is Cc1cc(/C=N\NC(N)=O)c(C)c(CO)c1. The molecule has 0 spiro atoms. The highest BCUT2D eigenvalue weighted by Gasteiger charge is 2.03. The van der Waals surface area contributed by atoms with Gasteiger partial charge in [-0.3, -0.25) is 0 Å². The number of hydrogen-bond donors (Lipinski definition) is 3. The Bertz CT molecular complexity index is 427. The van der Waals surface area contributed by atoms with Crippen molar-refractivity contribution in [3.05, 3.63) is 34.4 Å². The summed E-state index contributed by atoms with van der Waals surface area (Å²) in [6.07, 6.45) is 1.51. The Morgan fingerprint density at radius 1 is 1.56 bits per heavy atom. The Kier molecular flexibility index (Phi) is 4.02. The van der Waals surface area contributed by atoms with Gasteiger partial charge in [-0.15, -0.1) is 0 Å². The molecule has 5 nitrogen and oxygen atoms in total. The number of nitrogens with two attached hydrogens (primary N) is 1. The second-order valence-electron chi connectivity index (χ2n) is 3.53. The number of hydrogen-bond acceptors (Lipinski definition) is 3. The summed E-state index contributed by atoms with van der Waals surface area (Å²) in [5.74, 6) is 0. The topological polar surface area (TPSA) is 87.7 Å². The van der Waals surface area contributed by atoms with E-state index in [0.29, 0.717) is 0 Å². The normalized spacial score (nSPS) is 10.7. The number of benzene rings is 1. The molecular weight excluding hydrogens is 206 g/mol. The molecule has 0 heterocycles. The van der Waals surface area contributed by atoms with Crippen molar-refractivity contribution >= 4 is 12.2 Å². The first-order chi connectivity index (χ1) is 7.54. The highest BCUT2D eigenvalue weighted by molar-refractivity contribution is 5.83. The number of nitrogens with one attached hydrogen (secondary N) is 1. The van der Waals surface area contributed by atoms with E-state index in [0.717, 1.165) is 22.3 Å². The molecule has 0 aromatic heterocycles. The van der Waals surface area contributed by atoms with E-state index in [9.17, 15) is 4.79 Å².